The highest BCUT2D eigenvalue weighted by Gasteiger charge is 2.35. The van der Waals surface area contributed by atoms with Crippen LogP contribution < -0.4 is 10.5 Å². The van der Waals surface area contributed by atoms with Gasteiger partial charge >= 0.3 is 0 Å². The van der Waals surface area contributed by atoms with Crippen molar-refractivity contribution < 1.29 is 13.6 Å². The first-order chi connectivity index (χ1) is 8.25. The summed E-state index contributed by atoms with van der Waals surface area (Å²) >= 11 is 0. The van der Waals surface area contributed by atoms with Crippen molar-refractivity contribution in [2.24, 2.45) is 10.9 Å². The van der Waals surface area contributed by atoms with Crippen molar-refractivity contribution in [3.05, 3.63) is 0 Å². The van der Waals surface area contributed by atoms with Crippen LogP contribution in [-0.4, -0.2) is 67.4 Å². The topological polar surface area (TPSA) is 111 Å². The summed E-state index contributed by atoms with van der Waals surface area (Å²) in [6.07, 6.45) is 0. The molecule has 0 aliphatic carbocycles. The molecule has 0 unspecified atom stereocenters. The van der Waals surface area contributed by atoms with Crippen LogP contribution in [0.2, 0.25) is 0 Å². The Kier molecular flexibility index (Phi) is 4.54. The van der Waals surface area contributed by atoms with E-state index in [1.54, 1.807) is 0 Å². The highest BCUT2D eigenvalue weighted by Crippen LogP contribution is 2.18. The minimum Gasteiger partial charge on any atom is -0.409 e. The lowest BCUT2D eigenvalue weighted by atomic mass is 10.0. The van der Waals surface area contributed by atoms with Crippen LogP contribution in [0.25, 0.3) is 0 Å². The molecule has 0 aromatic carbocycles. The van der Waals surface area contributed by atoms with E-state index < -0.39 is 15.7 Å². The van der Waals surface area contributed by atoms with Gasteiger partial charge in [0.05, 0.1) is 5.54 Å². The largest absolute Gasteiger partial charge is 0.409 e. The molecule has 0 aromatic rings. The fraction of sp³-hybridized carbons (Fsp3) is 0.889. The number of hydrogen-bond donors (Lipinski definition) is 3. The number of rotatable bonds is 4. The lowest BCUT2D eigenvalue weighted by Gasteiger charge is -2.42. The zero-order valence-corrected chi connectivity index (χ0v) is 11.7. The van der Waals surface area contributed by atoms with Crippen molar-refractivity contribution >= 4 is 16.0 Å². The van der Waals surface area contributed by atoms with Gasteiger partial charge in [0.2, 0.25) is 0 Å². The molecule has 0 radical (unpaired) electrons. The SMILES string of the molecule is CNS(=O)(=O)N1CCN(C(C)(C)C(N)=NO)CC1. The molecule has 18 heavy (non-hydrogen) atoms. The molecule has 9 heteroatoms. The van der Waals surface area contributed by atoms with E-state index in [9.17, 15) is 8.42 Å². The molecule has 0 bridgehead atoms. The van der Waals surface area contributed by atoms with Gasteiger partial charge in [0.25, 0.3) is 10.2 Å². The molecular formula is C9H21N5O3S. The summed E-state index contributed by atoms with van der Waals surface area (Å²) in [5, 5.41) is 11.8. The smallest absolute Gasteiger partial charge is 0.279 e. The Labute approximate surface area is 108 Å². The molecule has 0 amide bonds. The number of nitrogens with zero attached hydrogens (tertiary/aromatic N) is 3. The average molecular weight is 279 g/mol. The lowest BCUT2D eigenvalue weighted by Crippen LogP contribution is -2.61. The Morgan fingerprint density at radius 1 is 1.33 bits per heavy atom. The highest BCUT2D eigenvalue weighted by atomic mass is 32.2. The number of hydrogen-bond acceptors (Lipinski definition) is 5. The van der Waals surface area contributed by atoms with Crippen molar-refractivity contribution in [3.8, 4) is 0 Å². The first kappa shape index (κ1) is 15.2. The Hall–Kier alpha value is -0.900. The van der Waals surface area contributed by atoms with Crippen LogP contribution in [0.4, 0.5) is 0 Å². The second-order valence-electron chi connectivity index (χ2n) is 4.64. The molecule has 1 aliphatic rings. The first-order valence-electron chi connectivity index (χ1n) is 5.67. The van der Waals surface area contributed by atoms with Crippen molar-refractivity contribution in [1.29, 1.82) is 0 Å². The van der Waals surface area contributed by atoms with E-state index in [0.717, 1.165) is 0 Å². The van der Waals surface area contributed by atoms with Crippen molar-refractivity contribution in [1.82, 2.24) is 13.9 Å². The van der Waals surface area contributed by atoms with Crippen LogP contribution in [0.5, 0.6) is 0 Å². The van der Waals surface area contributed by atoms with E-state index >= 15 is 0 Å². The van der Waals surface area contributed by atoms with Crippen molar-refractivity contribution in [2.45, 2.75) is 19.4 Å². The Morgan fingerprint density at radius 2 is 1.83 bits per heavy atom. The number of amidine groups is 1. The van der Waals surface area contributed by atoms with E-state index in [0.29, 0.717) is 26.2 Å². The normalized spacial score (nSPS) is 21.2. The van der Waals surface area contributed by atoms with Crippen LogP contribution in [0, 0.1) is 0 Å². The third-order valence-electron chi connectivity index (χ3n) is 3.36. The van der Waals surface area contributed by atoms with Crippen LogP contribution in [0.1, 0.15) is 13.8 Å². The molecule has 1 saturated heterocycles. The molecule has 0 atom stereocenters. The zero-order chi connectivity index (χ0) is 14.0. The number of oxime groups is 1. The maximum Gasteiger partial charge on any atom is 0.279 e. The second-order valence-corrected chi connectivity index (χ2v) is 6.51. The summed E-state index contributed by atoms with van der Waals surface area (Å²) in [5.74, 6) is 0.118. The molecule has 0 saturated carbocycles. The van der Waals surface area contributed by atoms with E-state index in [1.165, 1.54) is 11.4 Å². The Balaban J connectivity index is 2.71. The van der Waals surface area contributed by atoms with Crippen LogP contribution >= 0.6 is 0 Å². The lowest BCUT2D eigenvalue weighted by molar-refractivity contribution is 0.118. The fourth-order valence-electron chi connectivity index (χ4n) is 1.90. The van der Waals surface area contributed by atoms with Crippen LogP contribution in [0.15, 0.2) is 5.16 Å². The summed E-state index contributed by atoms with van der Waals surface area (Å²) in [4.78, 5) is 1.99. The standard InChI is InChI=1S/C9H21N5O3S/c1-9(2,8(10)12-15)13-4-6-14(7-5-13)18(16,17)11-3/h11,15H,4-7H2,1-3H3,(H2,10,12). The Bertz CT molecular complexity index is 412. The molecule has 0 spiro atoms. The minimum absolute atomic E-state index is 0.118. The van der Waals surface area contributed by atoms with Crippen LogP contribution in [0.3, 0.4) is 0 Å². The predicted octanol–water partition coefficient (Wildman–Crippen LogP) is -1.41. The van der Waals surface area contributed by atoms with Gasteiger partial charge in [-0.3, -0.25) is 4.90 Å². The maximum atomic E-state index is 11.6. The number of piperazine rings is 1. The monoisotopic (exact) mass is 279 g/mol. The summed E-state index contributed by atoms with van der Waals surface area (Å²) in [6.45, 7) is 5.50. The molecular weight excluding hydrogens is 258 g/mol. The van der Waals surface area contributed by atoms with E-state index in [1.807, 2.05) is 18.7 Å². The van der Waals surface area contributed by atoms with E-state index in [-0.39, 0.29) is 5.84 Å². The maximum absolute atomic E-state index is 11.6. The van der Waals surface area contributed by atoms with Gasteiger partial charge in [-0.1, -0.05) is 5.16 Å². The van der Waals surface area contributed by atoms with Gasteiger partial charge in [-0.05, 0) is 13.8 Å². The quantitative estimate of drug-likeness (QED) is 0.253. The van der Waals surface area contributed by atoms with Gasteiger partial charge in [-0.2, -0.15) is 12.7 Å². The molecule has 1 heterocycles. The molecule has 1 rings (SSSR count). The van der Waals surface area contributed by atoms with Gasteiger partial charge in [0, 0.05) is 33.2 Å². The third-order valence-corrected chi connectivity index (χ3v) is 4.92. The summed E-state index contributed by atoms with van der Waals surface area (Å²) < 4.78 is 26.9. The Morgan fingerprint density at radius 3 is 2.22 bits per heavy atom. The summed E-state index contributed by atoms with van der Waals surface area (Å²) in [7, 11) is -1.98. The first-order valence-corrected chi connectivity index (χ1v) is 7.11. The third kappa shape index (κ3) is 2.91. The minimum atomic E-state index is -3.37. The predicted molar refractivity (Wildman–Crippen MR) is 68.6 cm³/mol. The summed E-state index contributed by atoms with van der Waals surface area (Å²) in [5.41, 5.74) is 5.05. The van der Waals surface area contributed by atoms with Crippen molar-refractivity contribution in [3.63, 3.8) is 0 Å². The van der Waals surface area contributed by atoms with Gasteiger partial charge in [-0.25, -0.2) is 4.72 Å². The zero-order valence-electron chi connectivity index (χ0n) is 10.9. The fourth-order valence-corrected chi connectivity index (χ4v) is 2.80. The number of nitrogens with one attached hydrogen (secondary N) is 1. The van der Waals surface area contributed by atoms with Gasteiger partial charge in [0.1, 0.15) is 0 Å². The highest BCUT2D eigenvalue weighted by molar-refractivity contribution is 7.87. The number of nitrogens with two attached hydrogens (primary N) is 1. The van der Waals surface area contributed by atoms with Gasteiger partial charge < -0.3 is 10.9 Å². The summed E-state index contributed by atoms with van der Waals surface area (Å²) in [6, 6.07) is 0. The van der Waals surface area contributed by atoms with E-state index in [2.05, 4.69) is 9.88 Å². The van der Waals surface area contributed by atoms with E-state index in [4.69, 9.17) is 10.9 Å². The molecule has 106 valence electrons. The second kappa shape index (κ2) is 5.39. The molecule has 0 aromatic heterocycles. The molecule has 4 N–H and O–H groups in total. The average Bonchev–Trinajstić information content (AvgIpc) is 2.37. The molecule has 1 aliphatic heterocycles. The van der Waals surface area contributed by atoms with Gasteiger partial charge in [-0.15, -0.1) is 0 Å². The molecule has 8 nitrogen and oxygen atoms in total. The van der Waals surface area contributed by atoms with Crippen LogP contribution in [-0.2, 0) is 10.2 Å². The van der Waals surface area contributed by atoms with Gasteiger partial charge in [0.15, 0.2) is 5.84 Å². The molecule has 1 fully saturated rings. The van der Waals surface area contributed by atoms with Crippen molar-refractivity contribution in [2.75, 3.05) is 33.2 Å².